The van der Waals surface area contributed by atoms with Crippen LogP contribution in [0.2, 0.25) is 0 Å². The Labute approximate surface area is 169 Å². The Balaban J connectivity index is 0.000000283. The number of aliphatic carboxylic acids is 1. The van der Waals surface area contributed by atoms with Gasteiger partial charge in [-0.05, 0) is 73.9 Å². The fraction of sp³-hybridized carbons (Fsp3) is 0.417. The van der Waals surface area contributed by atoms with Gasteiger partial charge in [-0.3, -0.25) is 9.59 Å². The second-order valence-electron chi connectivity index (χ2n) is 7.52. The number of carboxylic acid groups (broad SMARTS) is 1. The standard InChI is InChI=1S/C13H19NO.C11H14O2/c1-10-5-6-12(9-11(10)2)7-8-13(15)14(3)4;1-8-3-4-10(7-9(8)2)5-6-11(12)13/h5-6,9H,7-8H2,1-4H3;3-4,7H,5-6H2,1-2H3,(H,12,13). The summed E-state index contributed by atoms with van der Waals surface area (Å²) in [6.45, 7) is 8.30. The maximum absolute atomic E-state index is 11.4. The van der Waals surface area contributed by atoms with E-state index >= 15 is 0 Å². The van der Waals surface area contributed by atoms with E-state index in [4.69, 9.17) is 5.11 Å². The molecule has 28 heavy (non-hydrogen) atoms. The molecule has 1 N–H and O–H groups in total. The highest BCUT2D eigenvalue weighted by atomic mass is 16.4. The number of nitrogens with zero attached hydrogens (tertiary/aromatic N) is 1. The van der Waals surface area contributed by atoms with Gasteiger partial charge in [0, 0.05) is 26.9 Å². The molecule has 2 aromatic carbocycles. The molecule has 0 aliphatic heterocycles. The fourth-order valence-corrected chi connectivity index (χ4v) is 2.64. The van der Waals surface area contributed by atoms with Crippen molar-refractivity contribution in [1.29, 1.82) is 0 Å². The second kappa shape index (κ2) is 11.3. The van der Waals surface area contributed by atoms with Crippen LogP contribution < -0.4 is 0 Å². The largest absolute Gasteiger partial charge is 0.481 e. The van der Waals surface area contributed by atoms with E-state index < -0.39 is 5.97 Å². The van der Waals surface area contributed by atoms with Crippen LogP contribution in [0.3, 0.4) is 0 Å². The van der Waals surface area contributed by atoms with Gasteiger partial charge in [0.2, 0.25) is 5.91 Å². The summed E-state index contributed by atoms with van der Waals surface area (Å²) in [4.78, 5) is 23.4. The first-order chi connectivity index (χ1) is 13.1. The number of carbonyl (C=O) groups excluding carboxylic acids is 1. The van der Waals surface area contributed by atoms with Crippen molar-refractivity contribution in [2.24, 2.45) is 0 Å². The highest BCUT2D eigenvalue weighted by Gasteiger charge is 2.04. The first-order valence-electron chi connectivity index (χ1n) is 9.64. The first kappa shape index (κ1) is 23.4. The van der Waals surface area contributed by atoms with Crippen molar-refractivity contribution in [3.8, 4) is 0 Å². The molecule has 2 aromatic rings. The predicted octanol–water partition coefficient (Wildman–Crippen LogP) is 4.64. The number of hydrogen-bond donors (Lipinski definition) is 1. The molecule has 0 saturated carbocycles. The van der Waals surface area contributed by atoms with Crippen LogP contribution in [0.4, 0.5) is 0 Å². The number of amides is 1. The van der Waals surface area contributed by atoms with E-state index in [0.717, 1.165) is 12.0 Å². The second-order valence-corrected chi connectivity index (χ2v) is 7.52. The molecule has 0 radical (unpaired) electrons. The quantitative estimate of drug-likeness (QED) is 0.790. The van der Waals surface area contributed by atoms with Gasteiger partial charge in [0.1, 0.15) is 0 Å². The summed E-state index contributed by atoms with van der Waals surface area (Å²) in [6.07, 6.45) is 2.26. The molecule has 0 bridgehead atoms. The van der Waals surface area contributed by atoms with Crippen molar-refractivity contribution in [1.82, 2.24) is 4.90 Å². The third-order valence-corrected chi connectivity index (χ3v) is 4.90. The smallest absolute Gasteiger partial charge is 0.303 e. The summed E-state index contributed by atoms with van der Waals surface area (Å²) in [6, 6.07) is 12.5. The molecule has 0 aliphatic carbocycles. The van der Waals surface area contributed by atoms with Crippen molar-refractivity contribution in [2.75, 3.05) is 14.1 Å². The number of carboxylic acids is 1. The summed E-state index contributed by atoms with van der Waals surface area (Å²) in [5.41, 5.74) is 7.42. The zero-order valence-corrected chi connectivity index (χ0v) is 18.0. The molecule has 0 spiro atoms. The van der Waals surface area contributed by atoms with Crippen molar-refractivity contribution < 1.29 is 14.7 Å². The zero-order chi connectivity index (χ0) is 21.3. The van der Waals surface area contributed by atoms with Crippen LogP contribution in [0.1, 0.15) is 46.2 Å². The van der Waals surface area contributed by atoms with Crippen LogP contribution in [0.25, 0.3) is 0 Å². The highest BCUT2D eigenvalue weighted by Crippen LogP contribution is 2.12. The lowest BCUT2D eigenvalue weighted by atomic mass is 10.0. The molecule has 0 unspecified atom stereocenters. The average molecular weight is 384 g/mol. The number of rotatable bonds is 6. The summed E-state index contributed by atoms with van der Waals surface area (Å²) in [5.74, 6) is -0.550. The minimum absolute atomic E-state index is 0.188. The minimum atomic E-state index is -0.738. The summed E-state index contributed by atoms with van der Waals surface area (Å²) in [7, 11) is 3.59. The van der Waals surface area contributed by atoms with E-state index in [2.05, 4.69) is 45.0 Å². The van der Waals surface area contributed by atoms with E-state index in [1.165, 1.54) is 27.8 Å². The minimum Gasteiger partial charge on any atom is -0.481 e. The molecule has 0 aromatic heterocycles. The summed E-state index contributed by atoms with van der Waals surface area (Å²) >= 11 is 0. The molecule has 4 nitrogen and oxygen atoms in total. The van der Waals surface area contributed by atoms with E-state index in [1.54, 1.807) is 19.0 Å². The van der Waals surface area contributed by atoms with Crippen LogP contribution >= 0.6 is 0 Å². The van der Waals surface area contributed by atoms with Gasteiger partial charge < -0.3 is 10.0 Å². The third kappa shape index (κ3) is 8.38. The maximum Gasteiger partial charge on any atom is 0.303 e. The van der Waals surface area contributed by atoms with Crippen molar-refractivity contribution in [2.45, 2.75) is 53.4 Å². The van der Waals surface area contributed by atoms with Gasteiger partial charge >= 0.3 is 5.97 Å². The Bertz CT molecular complexity index is 809. The number of aryl methyl sites for hydroxylation is 6. The lowest BCUT2D eigenvalue weighted by Gasteiger charge is -2.10. The Morgan fingerprint density at radius 3 is 1.54 bits per heavy atom. The van der Waals surface area contributed by atoms with Gasteiger partial charge in [0.25, 0.3) is 0 Å². The number of benzene rings is 2. The predicted molar refractivity (Wildman–Crippen MR) is 115 cm³/mol. The Hall–Kier alpha value is -2.62. The van der Waals surface area contributed by atoms with Crippen LogP contribution in [0, 0.1) is 27.7 Å². The van der Waals surface area contributed by atoms with Crippen molar-refractivity contribution in [3.63, 3.8) is 0 Å². The molecule has 0 atom stereocenters. The molecule has 4 heteroatoms. The molecule has 0 fully saturated rings. The fourth-order valence-electron chi connectivity index (χ4n) is 2.64. The first-order valence-corrected chi connectivity index (χ1v) is 9.64. The van der Waals surface area contributed by atoms with Gasteiger partial charge in [-0.25, -0.2) is 0 Å². The van der Waals surface area contributed by atoms with Gasteiger partial charge in [-0.1, -0.05) is 36.4 Å². The molecule has 0 heterocycles. The van der Waals surface area contributed by atoms with E-state index in [1.807, 2.05) is 19.1 Å². The molecule has 2 rings (SSSR count). The average Bonchev–Trinajstić information content (AvgIpc) is 2.63. The van der Waals surface area contributed by atoms with E-state index in [-0.39, 0.29) is 12.3 Å². The summed E-state index contributed by atoms with van der Waals surface area (Å²) in [5, 5.41) is 8.50. The normalized spacial score (nSPS) is 10.1. The topological polar surface area (TPSA) is 57.6 Å². The van der Waals surface area contributed by atoms with Gasteiger partial charge in [-0.2, -0.15) is 0 Å². The monoisotopic (exact) mass is 383 g/mol. The van der Waals surface area contributed by atoms with Crippen LogP contribution in [0.15, 0.2) is 36.4 Å². The lowest BCUT2D eigenvalue weighted by molar-refractivity contribution is -0.137. The Kier molecular flexibility index (Phi) is 9.43. The Morgan fingerprint density at radius 2 is 1.18 bits per heavy atom. The van der Waals surface area contributed by atoms with Crippen LogP contribution in [-0.2, 0) is 22.4 Å². The number of carbonyl (C=O) groups is 2. The van der Waals surface area contributed by atoms with Crippen LogP contribution in [0.5, 0.6) is 0 Å². The number of hydrogen-bond acceptors (Lipinski definition) is 2. The Morgan fingerprint density at radius 1 is 0.750 bits per heavy atom. The maximum atomic E-state index is 11.4. The van der Waals surface area contributed by atoms with Crippen molar-refractivity contribution >= 4 is 11.9 Å². The summed E-state index contributed by atoms with van der Waals surface area (Å²) < 4.78 is 0. The molecule has 0 saturated heterocycles. The van der Waals surface area contributed by atoms with Gasteiger partial charge in [0.15, 0.2) is 0 Å². The molecular formula is C24H33NO3. The lowest BCUT2D eigenvalue weighted by Crippen LogP contribution is -2.21. The SMILES string of the molecule is Cc1ccc(CCC(=O)N(C)C)cc1C.Cc1ccc(CCC(=O)O)cc1C. The third-order valence-electron chi connectivity index (χ3n) is 4.90. The molecule has 152 valence electrons. The van der Waals surface area contributed by atoms with Crippen LogP contribution in [-0.4, -0.2) is 36.0 Å². The van der Waals surface area contributed by atoms with E-state index in [0.29, 0.717) is 12.8 Å². The van der Waals surface area contributed by atoms with E-state index in [9.17, 15) is 9.59 Å². The highest BCUT2D eigenvalue weighted by molar-refractivity contribution is 5.75. The molecular weight excluding hydrogens is 350 g/mol. The molecule has 0 aliphatic rings. The van der Waals surface area contributed by atoms with Crippen molar-refractivity contribution in [3.05, 3.63) is 69.8 Å². The molecule has 1 amide bonds. The zero-order valence-electron chi connectivity index (χ0n) is 18.0. The van der Waals surface area contributed by atoms with Gasteiger partial charge in [-0.15, -0.1) is 0 Å². The van der Waals surface area contributed by atoms with Gasteiger partial charge in [0.05, 0.1) is 0 Å².